The van der Waals surface area contributed by atoms with E-state index in [0.29, 0.717) is 34.3 Å². The van der Waals surface area contributed by atoms with E-state index in [4.69, 9.17) is 16.6 Å². The normalized spacial score (nSPS) is 10.9. The second-order valence-electron chi connectivity index (χ2n) is 7.90. The summed E-state index contributed by atoms with van der Waals surface area (Å²) in [6, 6.07) is 33.6. The van der Waals surface area contributed by atoms with Crippen molar-refractivity contribution in [1.82, 2.24) is 9.55 Å². The molecule has 0 saturated carbocycles. The summed E-state index contributed by atoms with van der Waals surface area (Å²) in [5, 5.41) is 11.0. The molecule has 4 nitrogen and oxygen atoms in total. The van der Waals surface area contributed by atoms with Gasteiger partial charge >= 0.3 is 0 Å². The van der Waals surface area contributed by atoms with Gasteiger partial charge in [0, 0.05) is 17.7 Å². The van der Waals surface area contributed by atoms with Gasteiger partial charge < -0.3 is 9.67 Å². The largest absolute Gasteiger partial charge is 0.507 e. The molecule has 0 aliphatic rings. The molecule has 0 spiro atoms. The number of para-hydroxylation sites is 1. The highest BCUT2D eigenvalue weighted by molar-refractivity contribution is 6.33. The van der Waals surface area contributed by atoms with Gasteiger partial charge in [-0.15, -0.1) is 0 Å². The molecule has 5 rings (SSSR count). The molecule has 0 aliphatic carbocycles. The van der Waals surface area contributed by atoms with Gasteiger partial charge in [0.15, 0.2) is 0 Å². The van der Waals surface area contributed by atoms with Crippen LogP contribution in [-0.2, 0) is 6.54 Å². The lowest BCUT2D eigenvalue weighted by Gasteiger charge is -2.14. The second kappa shape index (κ2) is 9.38. The minimum atomic E-state index is -0.321. The number of aromatic hydroxyl groups is 1. The first-order chi connectivity index (χ1) is 16.6. The van der Waals surface area contributed by atoms with Crippen LogP contribution in [0.5, 0.6) is 5.75 Å². The Bertz CT molecular complexity index is 1460. The number of phenolic OH excluding ortho intramolecular Hbond substituents is 1. The number of ketones is 1. The van der Waals surface area contributed by atoms with Gasteiger partial charge in [-0.05, 0) is 23.8 Å². The molecule has 0 radical (unpaired) electrons. The highest BCUT2D eigenvalue weighted by atomic mass is 35.5. The molecule has 1 heterocycles. The molecule has 4 aromatic carbocycles. The summed E-state index contributed by atoms with van der Waals surface area (Å²) in [4.78, 5) is 18.9. The van der Waals surface area contributed by atoms with E-state index in [1.807, 2.05) is 83.4 Å². The standard InChI is InChI=1S/C29H21ClN2O2/c30-24-17-9-7-15-22(24)26-27(28(34)23-16-8-10-18-25(23)33)32(19-20-11-3-1-4-12-20)29(31-26)21-13-5-2-6-14-21/h1-18,33H,19H2. The van der Waals surface area contributed by atoms with Crippen LogP contribution in [0, 0.1) is 0 Å². The summed E-state index contributed by atoms with van der Waals surface area (Å²) in [5.74, 6) is 0.253. The molecular weight excluding hydrogens is 444 g/mol. The Morgan fingerprint density at radius 1 is 0.794 bits per heavy atom. The van der Waals surface area contributed by atoms with Gasteiger partial charge in [-0.2, -0.15) is 0 Å². The highest BCUT2D eigenvalue weighted by Crippen LogP contribution is 2.36. The molecule has 1 N–H and O–H groups in total. The zero-order valence-corrected chi connectivity index (χ0v) is 19.0. The van der Waals surface area contributed by atoms with E-state index < -0.39 is 0 Å². The highest BCUT2D eigenvalue weighted by Gasteiger charge is 2.28. The number of benzene rings is 4. The maximum Gasteiger partial charge on any atom is 0.215 e. The monoisotopic (exact) mass is 464 g/mol. The van der Waals surface area contributed by atoms with Crippen molar-refractivity contribution >= 4 is 17.4 Å². The van der Waals surface area contributed by atoms with Crippen molar-refractivity contribution in [3.63, 3.8) is 0 Å². The lowest BCUT2D eigenvalue weighted by molar-refractivity contribution is 0.102. The number of aromatic nitrogens is 2. The Morgan fingerprint density at radius 3 is 2.12 bits per heavy atom. The number of halogens is 1. The Balaban J connectivity index is 1.82. The van der Waals surface area contributed by atoms with E-state index in [1.165, 1.54) is 6.07 Å². The summed E-state index contributed by atoms with van der Waals surface area (Å²) in [7, 11) is 0. The Labute approximate surface area is 202 Å². The molecule has 0 saturated heterocycles. The van der Waals surface area contributed by atoms with Gasteiger partial charge in [0.05, 0.1) is 10.6 Å². The second-order valence-corrected chi connectivity index (χ2v) is 8.30. The lowest BCUT2D eigenvalue weighted by Crippen LogP contribution is -2.13. The first-order valence-electron chi connectivity index (χ1n) is 10.9. The number of hydrogen-bond donors (Lipinski definition) is 1. The molecule has 0 amide bonds. The molecule has 5 aromatic rings. The zero-order valence-electron chi connectivity index (χ0n) is 18.2. The van der Waals surface area contributed by atoms with Crippen LogP contribution in [0.2, 0.25) is 5.02 Å². The van der Waals surface area contributed by atoms with Crippen LogP contribution in [0.25, 0.3) is 22.6 Å². The van der Waals surface area contributed by atoms with E-state index in [1.54, 1.807) is 24.3 Å². The van der Waals surface area contributed by atoms with E-state index >= 15 is 0 Å². The molecule has 0 fully saturated rings. The number of hydrogen-bond acceptors (Lipinski definition) is 3. The first kappa shape index (κ1) is 21.7. The number of phenols is 1. The third kappa shape index (κ3) is 4.12. The smallest absolute Gasteiger partial charge is 0.215 e. The Morgan fingerprint density at radius 2 is 1.41 bits per heavy atom. The van der Waals surface area contributed by atoms with Crippen molar-refractivity contribution in [3.05, 3.63) is 131 Å². The van der Waals surface area contributed by atoms with Crippen molar-refractivity contribution in [2.45, 2.75) is 6.54 Å². The van der Waals surface area contributed by atoms with Crippen LogP contribution in [0.15, 0.2) is 109 Å². The summed E-state index contributed by atoms with van der Waals surface area (Å²) in [5.41, 5.74) is 3.62. The first-order valence-corrected chi connectivity index (χ1v) is 11.3. The van der Waals surface area contributed by atoms with E-state index in [-0.39, 0.29) is 17.1 Å². The zero-order chi connectivity index (χ0) is 23.5. The molecule has 5 heteroatoms. The van der Waals surface area contributed by atoms with Crippen LogP contribution in [-0.4, -0.2) is 20.4 Å². The quantitative estimate of drug-likeness (QED) is 0.279. The summed E-state index contributed by atoms with van der Waals surface area (Å²) >= 11 is 6.57. The van der Waals surface area contributed by atoms with Crippen LogP contribution >= 0.6 is 11.6 Å². The fourth-order valence-electron chi connectivity index (χ4n) is 4.04. The van der Waals surface area contributed by atoms with Gasteiger partial charge in [-0.3, -0.25) is 4.79 Å². The number of nitrogens with zero attached hydrogens (tertiary/aromatic N) is 2. The van der Waals surface area contributed by atoms with Crippen molar-refractivity contribution in [2.75, 3.05) is 0 Å². The minimum absolute atomic E-state index is 0.0775. The van der Waals surface area contributed by atoms with Gasteiger partial charge in [-0.25, -0.2) is 4.98 Å². The van der Waals surface area contributed by atoms with Gasteiger partial charge in [-0.1, -0.05) is 103 Å². The summed E-state index contributed by atoms with van der Waals surface area (Å²) in [6.45, 7) is 0.428. The Hall–Kier alpha value is -4.15. The van der Waals surface area contributed by atoms with Gasteiger partial charge in [0.2, 0.25) is 5.78 Å². The number of rotatable bonds is 6. The van der Waals surface area contributed by atoms with E-state index in [2.05, 4.69) is 0 Å². The molecule has 34 heavy (non-hydrogen) atoms. The molecule has 0 unspecified atom stereocenters. The van der Waals surface area contributed by atoms with Crippen molar-refractivity contribution < 1.29 is 9.90 Å². The van der Waals surface area contributed by atoms with Crippen LogP contribution < -0.4 is 0 Å². The predicted octanol–water partition coefficient (Wildman–Crippen LogP) is 6.86. The lowest BCUT2D eigenvalue weighted by atomic mass is 10.0. The van der Waals surface area contributed by atoms with E-state index in [9.17, 15) is 9.90 Å². The third-order valence-electron chi connectivity index (χ3n) is 5.68. The average molecular weight is 465 g/mol. The molecular formula is C29H21ClN2O2. The van der Waals surface area contributed by atoms with Gasteiger partial charge in [0.25, 0.3) is 0 Å². The molecule has 1 aromatic heterocycles. The number of imidazole rings is 1. The maximum absolute atomic E-state index is 14.0. The molecule has 0 atom stereocenters. The predicted molar refractivity (Wildman–Crippen MR) is 135 cm³/mol. The van der Waals surface area contributed by atoms with E-state index in [0.717, 1.165) is 11.1 Å². The fraction of sp³-hybridized carbons (Fsp3) is 0.0345. The van der Waals surface area contributed by atoms with Crippen molar-refractivity contribution in [3.8, 4) is 28.4 Å². The van der Waals surface area contributed by atoms with Crippen molar-refractivity contribution in [1.29, 1.82) is 0 Å². The molecule has 0 aliphatic heterocycles. The van der Waals surface area contributed by atoms with Crippen LogP contribution in [0.3, 0.4) is 0 Å². The maximum atomic E-state index is 14.0. The summed E-state index contributed by atoms with van der Waals surface area (Å²) < 4.78 is 1.91. The SMILES string of the molecule is O=C(c1ccccc1O)c1c(-c2ccccc2Cl)nc(-c2ccccc2)n1Cc1ccccc1. The molecule has 0 bridgehead atoms. The van der Waals surface area contributed by atoms with Crippen LogP contribution in [0.1, 0.15) is 21.6 Å². The summed E-state index contributed by atoms with van der Waals surface area (Å²) in [6.07, 6.45) is 0. The number of carbonyl (C=O) groups excluding carboxylic acids is 1. The topological polar surface area (TPSA) is 55.1 Å². The Kier molecular flexibility index (Phi) is 5.98. The molecule has 166 valence electrons. The van der Waals surface area contributed by atoms with Crippen LogP contribution in [0.4, 0.5) is 0 Å². The average Bonchev–Trinajstić information content (AvgIpc) is 3.24. The van der Waals surface area contributed by atoms with Gasteiger partial charge in [0.1, 0.15) is 23.0 Å². The van der Waals surface area contributed by atoms with Crippen molar-refractivity contribution in [2.24, 2.45) is 0 Å². The third-order valence-corrected chi connectivity index (χ3v) is 6.01. The minimum Gasteiger partial charge on any atom is -0.507 e. The number of carbonyl (C=O) groups is 1. The fourth-order valence-corrected chi connectivity index (χ4v) is 4.27.